The Hall–Kier alpha value is -4.36. The van der Waals surface area contributed by atoms with Gasteiger partial charge in [0.1, 0.15) is 0 Å². The summed E-state index contributed by atoms with van der Waals surface area (Å²) < 4.78 is 24.1. The third-order valence-electron chi connectivity index (χ3n) is 10.9. The van der Waals surface area contributed by atoms with Gasteiger partial charge in [-0.2, -0.15) is 0 Å². The van der Waals surface area contributed by atoms with E-state index in [1.807, 2.05) is 61.5 Å². The van der Waals surface area contributed by atoms with Crippen LogP contribution in [-0.2, 0) is 39.4 Å². The summed E-state index contributed by atoms with van der Waals surface area (Å²) >= 11 is 3.58. The second-order valence-corrected chi connectivity index (χ2v) is 19.3. The second-order valence-electron chi connectivity index (χ2n) is 14.6. The van der Waals surface area contributed by atoms with Gasteiger partial charge in [0.25, 0.3) is 11.8 Å². The van der Waals surface area contributed by atoms with Gasteiger partial charge in [0.2, 0.25) is 14.3 Å². The van der Waals surface area contributed by atoms with E-state index in [-0.39, 0.29) is 37.3 Å². The summed E-state index contributed by atoms with van der Waals surface area (Å²) in [6.45, 7) is 5.49. The summed E-state index contributed by atoms with van der Waals surface area (Å²) in [5.74, 6) is -1.36. The number of amides is 3. The minimum absolute atomic E-state index is 0.101. The summed E-state index contributed by atoms with van der Waals surface area (Å²) in [7, 11) is -3.52. The molecule has 0 bridgehead atoms. The number of hydrogen-bond acceptors (Lipinski definition) is 6. The van der Waals surface area contributed by atoms with Crippen molar-refractivity contribution in [1.29, 1.82) is 0 Å². The normalized spacial score (nSPS) is 23.8. The number of benzene rings is 4. The predicted octanol–water partition coefficient (Wildman–Crippen LogP) is 6.94. The quantitative estimate of drug-likeness (QED) is 0.101. The number of hydrogen-bond donors (Lipinski definition) is 3. The van der Waals surface area contributed by atoms with Gasteiger partial charge in [0, 0.05) is 45.0 Å². The first kappa shape index (κ1) is 36.0. The number of carbonyl (C=O) groups is 3. The van der Waals surface area contributed by atoms with Gasteiger partial charge in [0.15, 0.2) is 5.60 Å². The molecule has 4 N–H and O–H groups in total. The van der Waals surface area contributed by atoms with Crippen molar-refractivity contribution in [2.45, 2.75) is 69.2 Å². The van der Waals surface area contributed by atoms with Crippen LogP contribution in [0.15, 0.2) is 95.5 Å². The van der Waals surface area contributed by atoms with Gasteiger partial charge in [-0.1, -0.05) is 59.3 Å². The molecule has 0 saturated carbocycles. The Morgan fingerprint density at radius 3 is 2.40 bits per heavy atom. The average molecular weight is 786 g/mol. The molecule has 9 nitrogen and oxygen atoms in total. The monoisotopic (exact) mass is 784 g/mol. The van der Waals surface area contributed by atoms with Crippen molar-refractivity contribution in [3.63, 3.8) is 0 Å². The number of ether oxygens (including phenoxy) is 1. The number of nitrogens with one attached hydrogen (secondary N) is 1. The molecule has 3 aliphatic rings. The molecule has 12 heteroatoms. The smallest absolute Gasteiger partial charge is 0.264 e. The van der Waals surface area contributed by atoms with Crippen molar-refractivity contribution in [1.82, 2.24) is 4.90 Å². The molecule has 0 unspecified atom stereocenters. The van der Waals surface area contributed by atoms with Gasteiger partial charge >= 0.3 is 0 Å². The zero-order valence-electron chi connectivity index (χ0n) is 29.3. The summed E-state index contributed by atoms with van der Waals surface area (Å²) in [5, 5.41) is 13.1. The molecule has 52 heavy (non-hydrogen) atoms. The third-order valence-corrected chi connectivity index (χ3v) is 13.9. The van der Waals surface area contributed by atoms with Crippen LogP contribution in [0.5, 0.6) is 0 Å². The van der Waals surface area contributed by atoms with Crippen molar-refractivity contribution >= 4 is 59.1 Å². The van der Waals surface area contributed by atoms with Crippen LogP contribution in [0.3, 0.4) is 0 Å². The van der Waals surface area contributed by atoms with Crippen molar-refractivity contribution in [3.8, 4) is 0 Å². The second kappa shape index (κ2) is 13.9. The molecule has 270 valence electrons. The Bertz CT molecular complexity index is 2020. The highest BCUT2D eigenvalue weighted by Gasteiger charge is 2.67. The summed E-state index contributed by atoms with van der Waals surface area (Å²) in [6.07, 6.45) is -0.414. The number of anilines is 3. The van der Waals surface area contributed by atoms with E-state index in [4.69, 9.17) is 10.5 Å². The average Bonchev–Trinajstić information content (AvgIpc) is 3.54. The number of nitrogen functional groups attached to an aromatic ring is 1. The van der Waals surface area contributed by atoms with Crippen LogP contribution in [0.25, 0.3) is 0 Å². The zero-order valence-corrected chi connectivity index (χ0v) is 31.9. The summed E-state index contributed by atoms with van der Waals surface area (Å²) in [4.78, 5) is 45.0. The van der Waals surface area contributed by atoms with E-state index in [9.17, 15) is 19.5 Å². The maximum Gasteiger partial charge on any atom is 0.264 e. The molecule has 1 fully saturated rings. The summed E-state index contributed by atoms with van der Waals surface area (Å²) in [6, 6.07) is 27.0. The highest BCUT2D eigenvalue weighted by atomic mass is 79.9. The Morgan fingerprint density at radius 2 is 1.73 bits per heavy atom. The molecule has 4 aromatic rings. The van der Waals surface area contributed by atoms with Gasteiger partial charge in [-0.3, -0.25) is 14.4 Å². The number of aliphatic hydroxyl groups excluding tert-OH is 1. The van der Waals surface area contributed by atoms with Crippen molar-refractivity contribution in [3.05, 3.63) is 123 Å². The van der Waals surface area contributed by atoms with E-state index in [1.54, 1.807) is 59.3 Å². The van der Waals surface area contributed by atoms with Crippen LogP contribution >= 0.6 is 15.9 Å². The molecule has 7 rings (SSSR count). The van der Waals surface area contributed by atoms with Gasteiger partial charge in [-0.25, -0.2) is 0 Å². The van der Waals surface area contributed by atoms with Crippen LogP contribution in [0, 0.1) is 5.92 Å². The fraction of sp³-hybridized carbons (Fsp3) is 0.325. The maximum absolute atomic E-state index is 16.5. The van der Waals surface area contributed by atoms with Crippen molar-refractivity contribution < 1.29 is 28.3 Å². The molecule has 1 spiro atoms. The number of rotatable bonds is 8. The predicted molar refractivity (Wildman–Crippen MR) is 205 cm³/mol. The number of halogens is 2. The Morgan fingerprint density at radius 1 is 1.04 bits per heavy atom. The van der Waals surface area contributed by atoms with Crippen molar-refractivity contribution in [2.75, 3.05) is 22.6 Å². The number of aliphatic hydroxyl groups is 1. The standard InChI is InChI=1S/C40H42BrFN4O5Si/c1-24-37(52(2,3)42)35(20-36(48)45-22-28-7-5-4-6-27(28)18-32(45)23-47)51-40(24)33-19-29(41)12-17-34(33)46(39(40)50)21-25-8-15-31(16-9-25)44-38(49)26-10-13-30(43)14-11-26/h4-17,19,24,32,35,37,47H,18,20-23,43H2,1-3H3,(H,44,49)/t24-,32+,35+,37-,40+/m1/s1. The number of nitrogens with zero attached hydrogens (tertiary/aromatic N) is 2. The third kappa shape index (κ3) is 6.46. The molecular formula is C40H42BrFN4O5Si. The maximum atomic E-state index is 16.5. The first-order valence-electron chi connectivity index (χ1n) is 17.5. The molecule has 0 aromatic heterocycles. The fourth-order valence-corrected chi connectivity index (χ4v) is 11.3. The first-order chi connectivity index (χ1) is 24.8. The molecule has 3 heterocycles. The van der Waals surface area contributed by atoms with E-state index in [0.717, 1.165) is 21.2 Å². The lowest BCUT2D eigenvalue weighted by molar-refractivity contribution is -0.151. The lowest BCUT2D eigenvalue weighted by atomic mass is 9.82. The van der Waals surface area contributed by atoms with Gasteiger partial charge in [-0.15, -0.1) is 0 Å². The lowest BCUT2D eigenvalue weighted by Gasteiger charge is -2.37. The van der Waals surface area contributed by atoms with E-state index in [0.29, 0.717) is 41.2 Å². The topological polar surface area (TPSA) is 125 Å². The molecule has 0 aliphatic carbocycles. The van der Waals surface area contributed by atoms with Crippen LogP contribution in [-0.4, -0.2) is 54.9 Å². The van der Waals surface area contributed by atoms with Crippen LogP contribution in [0.2, 0.25) is 18.6 Å². The molecule has 3 aliphatic heterocycles. The van der Waals surface area contributed by atoms with E-state index in [2.05, 4.69) is 21.2 Å². The molecule has 1 saturated heterocycles. The highest BCUT2D eigenvalue weighted by molar-refractivity contribution is 9.10. The Labute approximate surface area is 312 Å². The first-order valence-corrected chi connectivity index (χ1v) is 21.3. The Kier molecular flexibility index (Phi) is 9.62. The molecule has 3 amide bonds. The highest BCUT2D eigenvalue weighted by Crippen LogP contribution is 2.60. The van der Waals surface area contributed by atoms with Gasteiger partial charge < -0.3 is 34.8 Å². The van der Waals surface area contributed by atoms with Gasteiger partial charge in [-0.05, 0) is 90.8 Å². The van der Waals surface area contributed by atoms with E-state index in [1.165, 1.54) is 0 Å². The number of nitrogens with two attached hydrogens (primary N) is 1. The molecule has 0 radical (unpaired) electrons. The lowest BCUT2D eigenvalue weighted by Crippen LogP contribution is -2.48. The largest absolute Gasteiger partial charge is 0.399 e. The van der Waals surface area contributed by atoms with Crippen LogP contribution < -0.4 is 16.0 Å². The molecule has 5 atom stereocenters. The van der Waals surface area contributed by atoms with Gasteiger partial charge in [0.05, 0.1) is 37.4 Å². The molecular weight excluding hydrogens is 743 g/mol. The van der Waals surface area contributed by atoms with E-state index >= 15 is 4.11 Å². The summed E-state index contributed by atoms with van der Waals surface area (Å²) in [5.41, 5.74) is 9.49. The van der Waals surface area contributed by atoms with E-state index < -0.39 is 37.6 Å². The van der Waals surface area contributed by atoms with Crippen molar-refractivity contribution in [2.24, 2.45) is 5.92 Å². The zero-order chi connectivity index (χ0) is 36.9. The SMILES string of the molecule is C[C@@H]1[C@@H]([Si](C)(C)F)[C@H](CC(=O)N2Cc3ccccc3C[C@H]2CO)O[C@@]12C(=O)N(Cc1ccc(NC(=O)c3ccc(N)cc3)cc1)c1ccc(Br)cc12. The minimum atomic E-state index is -3.52. The molecule has 4 aromatic carbocycles. The number of fused-ring (bicyclic) bond motifs is 3. The Balaban J connectivity index is 1.15. The fourth-order valence-electron chi connectivity index (χ4n) is 8.42. The number of carbonyl (C=O) groups excluding carboxylic acids is 3. The van der Waals surface area contributed by atoms with Crippen LogP contribution in [0.4, 0.5) is 21.2 Å². The minimum Gasteiger partial charge on any atom is -0.399 e. The van der Waals surface area contributed by atoms with Crippen LogP contribution in [0.1, 0.15) is 46.0 Å².